The molecule has 0 aliphatic carbocycles. The van der Waals surface area contributed by atoms with E-state index in [0.29, 0.717) is 19.3 Å². The van der Waals surface area contributed by atoms with Crippen LogP contribution in [0.15, 0.2) is 4.99 Å². The van der Waals surface area contributed by atoms with Gasteiger partial charge in [0.15, 0.2) is 5.96 Å². The first-order valence-corrected chi connectivity index (χ1v) is 12.0. The van der Waals surface area contributed by atoms with E-state index in [1.165, 1.54) is 4.90 Å². The molecule has 3 atom stereocenters. The predicted octanol–water partition coefficient (Wildman–Crippen LogP) is -1.89. The average Bonchev–Trinajstić information content (AvgIpc) is 3.29. The third kappa shape index (κ3) is 10.3. The molecule has 36 heavy (non-hydrogen) atoms. The second kappa shape index (κ2) is 15.3. The fraction of sp³-hybridized carbons (Fsp3) is 0.682. The number of rotatable bonds is 16. The number of carbonyl (C=O) groups excluding carboxylic acids is 5. The second-order valence-electron chi connectivity index (χ2n) is 8.60. The minimum absolute atomic E-state index is 0.0980. The fourth-order valence-electron chi connectivity index (χ4n) is 3.89. The van der Waals surface area contributed by atoms with Crippen LogP contribution in [0, 0.1) is 0 Å². The number of nitrogens with zero attached hydrogens (tertiary/aromatic N) is 2. The molecule has 202 valence electrons. The van der Waals surface area contributed by atoms with Gasteiger partial charge in [0.2, 0.25) is 23.5 Å². The Hall–Kier alpha value is -3.71. The Morgan fingerprint density at radius 3 is 2.31 bits per heavy atom. The van der Waals surface area contributed by atoms with Crippen LogP contribution >= 0.6 is 0 Å². The molecule has 1 saturated heterocycles. The Labute approximate surface area is 209 Å². The number of guanidine groups is 1. The highest BCUT2D eigenvalue weighted by Crippen LogP contribution is 2.20. The summed E-state index contributed by atoms with van der Waals surface area (Å²) < 4.78 is 0. The zero-order chi connectivity index (χ0) is 27.3. The Balaban J connectivity index is 2.98. The maximum atomic E-state index is 13.4. The van der Waals surface area contributed by atoms with Gasteiger partial charge < -0.3 is 37.8 Å². The molecular weight excluding hydrogens is 474 g/mol. The van der Waals surface area contributed by atoms with Gasteiger partial charge in [-0.1, -0.05) is 19.8 Å². The first kappa shape index (κ1) is 30.3. The molecule has 0 aromatic carbocycles. The van der Waals surface area contributed by atoms with Crippen molar-refractivity contribution in [3.63, 3.8) is 0 Å². The van der Waals surface area contributed by atoms with Gasteiger partial charge in [0.1, 0.15) is 18.1 Å². The van der Waals surface area contributed by atoms with Gasteiger partial charge in [-0.15, -0.1) is 0 Å². The number of carboxylic acid groups (broad SMARTS) is 1. The molecular formula is C22H37N7O7. The molecule has 14 heteroatoms. The van der Waals surface area contributed by atoms with Gasteiger partial charge in [-0.05, 0) is 32.1 Å². The lowest BCUT2D eigenvalue weighted by Crippen LogP contribution is -2.56. The number of primary amides is 1. The molecule has 1 aliphatic heterocycles. The van der Waals surface area contributed by atoms with Gasteiger partial charge in [-0.3, -0.25) is 33.8 Å². The number of amides is 4. The lowest BCUT2D eigenvalue weighted by Gasteiger charge is -2.29. The average molecular weight is 512 g/mol. The van der Waals surface area contributed by atoms with E-state index in [2.05, 4.69) is 15.6 Å². The van der Waals surface area contributed by atoms with E-state index < -0.39 is 54.0 Å². The third-order valence-electron chi connectivity index (χ3n) is 5.68. The van der Waals surface area contributed by atoms with Crippen molar-refractivity contribution in [1.29, 1.82) is 0 Å². The number of nitrogens with one attached hydrogen (secondary N) is 2. The number of unbranched alkanes of at least 4 members (excludes halogenated alkanes) is 2. The molecule has 9 N–H and O–H groups in total. The summed E-state index contributed by atoms with van der Waals surface area (Å²) in [5.74, 6) is -5.71. The van der Waals surface area contributed by atoms with Gasteiger partial charge in [-0.25, -0.2) is 0 Å². The van der Waals surface area contributed by atoms with Crippen LogP contribution in [0.3, 0.4) is 0 Å². The maximum Gasteiger partial charge on any atom is 0.305 e. The van der Waals surface area contributed by atoms with Crippen molar-refractivity contribution in [2.24, 2.45) is 22.2 Å². The van der Waals surface area contributed by atoms with Crippen molar-refractivity contribution in [2.75, 3.05) is 13.1 Å². The Kier molecular flexibility index (Phi) is 12.9. The number of ketones is 1. The summed E-state index contributed by atoms with van der Waals surface area (Å²) in [7, 11) is 0. The Bertz CT molecular complexity index is 858. The highest BCUT2D eigenvalue weighted by atomic mass is 16.4. The van der Waals surface area contributed by atoms with Crippen LogP contribution in [-0.2, 0) is 28.8 Å². The first-order chi connectivity index (χ1) is 17.0. The SMILES string of the molecule is CCCCCC(=O)N[C@@H](CCCN=C(N)N)C(=O)N1CCC[C@H]1C(=O)N[C@@H](CC(=O)O)C(=O)C(N)=O. The third-order valence-corrected chi connectivity index (χ3v) is 5.68. The minimum Gasteiger partial charge on any atom is -0.481 e. The zero-order valence-electron chi connectivity index (χ0n) is 20.5. The molecule has 0 spiro atoms. The van der Waals surface area contributed by atoms with Crippen molar-refractivity contribution >= 4 is 41.3 Å². The summed E-state index contributed by atoms with van der Waals surface area (Å²) in [6.07, 6.45) is 3.23. The summed E-state index contributed by atoms with van der Waals surface area (Å²) in [4.78, 5) is 78.2. The highest BCUT2D eigenvalue weighted by Gasteiger charge is 2.39. The summed E-state index contributed by atoms with van der Waals surface area (Å²) in [5.41, 5.74) is 15.6. The molecule has 0 unspecified atom stereocenters. The number of hydrogen-bond acceptors (Lipinski definition) is 7. The Morgan fingerprint density at radius 1 is 1.03 bits per heavy atom. The van der Waals surface area contributed by atoms with Crippen LogP contribution in [-0.4, -0.2) is 82.6 Å². The van der Waals surface area contributed by atoms with E-state index >= 15 is 0 Å². The second-order valence-corrected chi connectivity index (χ2v) is 8.60. The molecule has 0 aromatic heterocycles. The molecule has 0 bridgehead atoms. The van der Waals surface area contributed by atoms with Crippen LogP contribution in [0.4, 0.5) is 0 Å². The van der Waals surface area contributed by atoms with E-state index in [1.807, 2.05) is 6.92 Å². The number of carbonyl (C=O) groups is 6. The monoisotopic (exact) mass is 511 g/mol. The smallest absolute Gasteiger partial charge is 0.305 e. The Morgan fingerprint density at radius 2 is 1.72 bits per heavy atom. The topological polar surface area (TPSA) is 240 Å². The fourth-order valence-corrected chi connectivity index (χ4v) is 3.89. The normalized spacial score (nSPS) is 16.5. The lowest BCUT2D eigenvalue weighted by atomic mass is 10.1. The van der Waals surface area contributed by atoms with Crippen LogP contribution in [0.1, 0.15) is 64.7 Å². The molecule has 0 saturated carbocycles. The van der Waals surface area contributed by atoms with E-state index in [0.717, 1.165) is 12.8 Å². The number of aliphatic imine (C=N–C) groups is 1. The van der Waals surface area contributed by atoms with Gasteiger partial charge in [-0.2, -0.15) is 0 Å². The van der Waals surface area contributed by atoms with Crippen LogP contribution < -0.4 is 27.8 Å². The molecule has 1 rings (SSSR count). The van der Waals surface area contributed by atoms with Crippen molar-refractivity contribution < 1.29 is 33.9 Å². The van der Waals surface area contributed by atoms with Crippen LogP contribution in [0.25, 0.3) is 0 Å². The number of nitrogens with two attached hydrogens (primary N) is 3. The van der Waals surface area contributed by atoms with Gasteiger partial charge in [0.25, 0.3) is 5.91 Å². The van der Waals surface area contributed by atoms with Gasteiger partial charge in [0.05, 0.1) is 6.42 Å². The van der Waals surface area contributed by atoms with E-state index in [1.54, 1.807) is 0 Å². The molecule has 0 aromatic rings. The van der Waals surface area contributed by atoms with Crippen molar-refractivity contribution in [1.82, 2.24) is 15.5 Å². The van der Waals surface area contributed by atoms with E-state index in [4.69, 9.17) is 22.3 Å². The zero-order valence-corrected chi connectivity index (χ0v) is 20.5. The summed E-state index contributed by atoms with van der Waals surface area (Å²) >= 11 is 0. The van der Waals surface area contributed by atoms with Gasteiger partial charge >= 0.3 is 5.97 Å². The number of Topliss-reactive ketones (excluding diaryl/α,β-unsaturated/α-hetero) is 1. The number of carboxylic acids is 1. The quantitative estimate of drug-likeness (QED) is 0.0586. The number of hydrogen-bond donors (Lipinski definition) is 6. The van der Waals surface area contributed by atoms with Crippen molar-refractivity contribution in [3.8, 4) is 0 Å². The molecule has 1 heterocycles. The predicted molar refractivity (Wildman–Crippen MR) is 129 cm³/mol. The number of likely N-dealkylation sites (tertiary alicyclic amines) is 1. The molecule has 4 amide bonds. The highest BCUT2D eigenvalue weighted by molar-refractivity contribution is 6.38. The minimum atomic E-state index is -1.65. The number of aliphatic carboxylic acids is 1. The van der Waals surface area contributed by atoms with Crippen LogP contribution in [0.5, 0.6) is 0 Å². The standard InChI is InChI=1S/C22H37N7O7/c1-2-3-4-9-16(30)27-13(7-5-10-26-22(24)25)21(36)29-11-6-8-15(29)20(35)28-14(12-17(31)32)18(33)19(23)34/h13-15H,2-12H2,1H3,(H2,23,34)(H,27,30)(H,28,35)(H,31,32)(H4,24,25,26)/t13-,14-,15-/m0/s1. The molecule has 1 aliphatic rings. The van der Waals surface area contributed by atoms with Crippen molar-refractivity contribution in [3.05, 3.63) is 0 Å². The van der Waals surface area contributed by atoms with Crippen LogP contribution in [0.2, 0.25) is 0 Å². The summed E-state index contributed by atoms with van der Waals surface area (Å²) in [5, 5.41) is 14.0. The summed E-state index contributed by atoms with van der Waals surface area (Å²) in [6.45, 7) is 2.47. The van der Waals surface area contributed by atoms with E-state index in [9.17, 15) is 28.8 Å². The molecule has 14 nitrogen and oxygen atoms in total. The largest absolute Gasteiger partial charge is 0.481 e. The molecule has 0 radical (unpaired) electrons. The summed E-state index contributed by atoms with van der Waals surface area (Å²) in [6, 6.07) is -3.59. The maximum absolute atomic E-state index is 13.4. The van der Waals surface area contributed by atoms with Gasteiger partial charge in [0, 0.05) is 19.5 Å². The van der Waals surface area contributed by atoms with Crippen molar-refractivity contribution in [2.45, 2.75) is 82.8 Å². The lowest BCUT2D eigenvalue weighted by molar-refractivity contribution is -0.145. The van der Waals surface area contributed by atoms with E-state index in [-0.39, 0.29) is 44.2 Å². The molecule has 1 fully saturated rings. The first-order valence-electron chi connectivity index (χ1n) is 12.0.